The summed E-state index contributed by atoms with van der Waals surface area (Å²) in [6.45, 7) is 1.98. The van der Waals surface area contributed by atoms with Crippen LogP contribution >= 0.6 is 39.7 Å². The van der Waals surface area contributed by atoms with Crippen LogP contribution in [0, 0.1) is 5.92 Å². The summed E-state index contributed by atoms with van der Waals surface area (Å²) in [5, 5.41) is 3.33. The minimum absolute atomic E-state index is 0.202. The highest BCUT2D eigenvalue weighted by Crippen LogP contribution is 2.26. The van der Waals surface area contributed by atoms with Crippen molar-refractivity contribution in [3.8, 4) is 0 Å². The second-order valence-electron chi connectivity index (χ2n) is 3.86. The van der Waals surface area contributed by atoms with E-state index < -0.39 is 5.92 Å². The van der Waals surface area contributed by atoms with Gasteiger partial charge >= 0.3 is 0 Å². The van der Waals surface area contributed by atoms with E-state index in [0.29, 0.717) is 17.1 Å². The van der Waals surface area contributed by atoms with Crippen LogP contribution in [0.15, 0.2) is 22.7 Å². The molecule has 0 aliphatic heterocycles. The maximum Gasteiger partial charge on any atom is 0.234 e. The molecule has 0 heterocycles. The van der Waals surface area contributed by atoms with Crippen molar-refractivity contribution in [1.82, 2.24) is 0 Å². The Morgan fingerprint density at radius 1 is 1.61 bits per heavy atom. The highest BCUT2D eigenvalue weighted by molar-refractivity contribution is 9.10. The van der Waals surface area contributed by atoms with Crippen molar-refractivity contribution in [2.45, 2.75) is 19.8 Å². The quantitative estimate of drug-likeness (QED) is 0.796. The minimum atomic E-state index is -0.448. The van der Waals surface area contributed by atoms with Crippen LogP contribution in [0.5, 0.6) is 0 Å². The Labute approximate surface area is 125 Å². The molecule has 18 heavy (non-hydrogen) atoms. The number of thiocarbonyl (C=S) groups is 1. The fraction of sp³-hybridized carbons (Fsp3) is 0.333. The van der Waals surface area contributed by atoms with Gasteiger partial charge < -0.3 is 11.1 Å². The normalized spacial score (nSPS) is 11.9. The van der Waals surface area contributed by atoms with Crippen LogP contribution in [0.2, 0.25) is 5.02 Å². The standard InChI is InChI=1S/C12H14BrClN2OS/c1-2-3-8(11(15)18)12(17)16-10-6-7(14)4-5-9(10)13/h4-6,8H,2-3H2,1H3,(H2,15,18)(H,16,17). The molecule has 1 unspecified atom stereocenters. The SMILES string of the molecule is CCCC(C(=O)Nc1cc(Cl)ccc1Br)C(N)=S. The highest BCUT2D eigenvalue weighted by Gasteiger charge is 2.21. The molecule has 0 aliphatic carbocycles. The molecule has 98 valence electrons. The maximum atomic E-state index is 12.1. The van der Waals surface area contributed by atoms with Crippen molar-refractivity contribution in [3.05, 3.63) is 27.7 Å². The molecule has 0 radical (unpaired) electrons. The molecule has 3 N–H and O–H groups in total. The molecule has 0 aliphatic rings. The van der Waals surface area contributed by atoms with Crippen molar-refractivity contribution in [2.75, 3.05) is 5.32 Å². The van der Waals surface area contributed by atoms with Gasteiger partial charge in [0.1, 0.15) is 0 Å². The number of carbonyl (C=O) groups is 1. The summed E-state index contributed by atoms with van der Waals surface area (Å²) >= 11 is 14.1. The second-order valence-corrected chi connectivity index (χ2v) is 5.62. The van der Waals surface area contributed by atoms with E-state index in [0.717, 1.165) is 10.9 Å². The maximum absolute atomic E-state index is 12.1. The number of rotatable bonds is 5. The summed E-state index contributed by atoms with van der Waals surface area (Å²) in [7, 11) is 0. The van der Waals surface area contributed by atoms with Crippen LogP contribution in [-0.2, 0) is 4.79 Å². The van der Waals surface area contributed by atoms with Gasteiger partial charge in [-0.1, -0.05) is 37.2 Å². The average Bonchev–Trinajstić information content (AvgIpc) is 2.30. The van der Waals surface area contributed by atoms with Gasteiger partial charge in [0.15, 0.2) is 0 Å². The summed E-state index contributed by atoms with van der Waals surface area (Å²) in [5.74, 6) is -0.650. The van der Waals surface area contributed by atoms with Crippen molar-refractivity contribution >= 4 is 56.3 Å². The molecule has 3 nitrogen and oxygen atoms in total. The Balaban J connectivity index is 2.85. The third kappa shape index (κ3) is 4.23. The topological polar surface area (TPSA) is 55.1 Å². The smallest absolute Gasteiger partial charge is 0.234 e. The second kappa shape index (κ2) is 7.07. The lowest BCUT2D eigenvalue weighted by molar-refractivity contribution is -0.118. The van der Waals surface area contributed by atoms with E-state index in [4.69, 9.17) is 29.6 Å². The summed E-state index contributed by atoms with van der Waals surface area (Å²) in [6.07, 6.45) is 1.48. The van der Waals surface area contributed by atoms with Gasteiger partial charge in [-0.25, -0.2) is 0 Å². The Morgan fingerprint density at radius 2 is 2.28 bits per heavy atom. The molecule has 1 amide bonds. The van der Waals surface area contributed by atoms with Crippen molar-refractivity contribution < 1.29 is 4.79 Å². The predicted octanol–water partition coefficient (Wildman–Crippen LogP) is 3.74. The number of anilines is 1. The van der Waals surface area contributed by atoms with Crippen molar-refractivity contribution in [2.24, 2.45) is 11.7 Å². The van der Waals surface area contributed by atoms with Crippen molar-refractivity contribution in [3.63, 3.8) is 0 Å². The van der Waals surface area contributed by atoms with E-state index >= 15 is 0 Å². The molecular weight excluding hydrogens is 336 g/mol. The molecule has 0 saturated heterocycles. The summed E-state index contributed by atoms with van der Waals surface area (Å²) in [5.41, 5.74) is 6.19. The Morgan fingerprint density at radius 3 is 2.83 bits per heavy atom. The monoisotopic (exact) mass is 348 g/mol. The molecule has 1 atom stereocenters. The zero-order chi connectivity index (χ0) is 13.7. The molecule has 1 aromatic carbocycles. The first kappa shape index (κ1) is 15.4. The zero-order valence-electron chi connectivity index (χ0n) is 9.87. The van der Waals surface area contributed by atoms with Crippen LogP contribution in [0.1, 0.15) is 19.8 Å². The number of nitrogens with one attached hydrogen (secondary N) is 1. The average molecular weight is 350 g/mol. The third-order valence-electron chi connectivity index (χ3n) is 2.42. The van der Waals surface area contributed by atoms with Gasteiger partial charge in [-0.2, -0.15) is 0 Å². The van der Waals surface area contributed by atoms with E-state index in [1.165, 1.54) is 0 Å². The van der Waals surface area contributed by atoms with Crippen LogP contribution < -0.4 is 11.1 Å². The molecule has 0 fully saturated rings. The Kier molecular flexibility index (Phi) is 6.05. The van der Waals surface area contributed by atoms with Crippen LogP contribution in [0.25, 0.3) is 0 Å². The fourth-order valence-electron chi connectivity index (χ4n) is 1.50. The molecule has 6 heteroatoms. The highest BCUT2D eigenvalue weighted by atomic mass is 79.9. The summed E-state index contributed by atoms with van der Waals surface area (Å²) in [6, 6.07) is 5.18. The van der Waals surface area contributed by atoms with E-state index in [2.05, 4.69) is 21.2 Å². The first-order valence-corrected chi connectivity index (χ1v) is 7.08. The number of benzene rings is 1. The third-order valence-corrected chi connectivity index (χ3v) is 3.63. The number of hydrogen-bond acceptors (Lipinski definition) is 2. The molecule has 0 aromatic heterocycles. The van der Waals surface area contributed by atoms with Gasteiger partial charge in [-0.05, 0) is 40.5 Å². The summed E-state index contributed by atoms with van der Waals surface area (Å²) < 4.78 is 0.762. The molecular formula is C12H14BrClN2OS. The zero-order valence-corrected chi connectivity index (χ0v) is 13.0. The minimum Gasteiger partial charge on any atom is -0.393 e. The van der Waals surface area contributed by atoms with Crippen molar-refractivity contribution in [1.29, 1.82) is 0 Å². The Bertz CT molecular complexity index is 467. The lowest BCUT2D eigenvalue weighted by atomic mass is 10.0. The van der Waals surface area contributed by atoms with Gasteiger partial charge in [0.2, 0.25) is 5.91 Å². The number of carbonyl (C=O) groups excluding carboxylic acids is 1. The predicted molar refractivity (Wildman–Crippen MR) is 83.0 cm³/mol. The molecule has 1 rings (SSSR count). The van der Waals surface area contributed by atoms with Crippen LogP contribution in [0.4, 0.5) is 5.69 Å². The molecule has 0 spiro atoms. The van der Waals surface area contributed by atoms with Crippen LogP contribution in [-0.4, -0.2) is 10.9 Å². The lowest BCUT2D eigenvalue weighted by Crippen LogP contribution is -2.33. The van der Waals surface area contributed by atoms with Gasteiger partial charge in [0.25, 0.3) is 0 Å². The summed E-state index contributed by atoms with van der Waals surface area (Å²) in [4.78, 5) is 12.3. The van der Waals surface area contributed by atoms with Gasteiger partial charge in [0, 0.05) is 9.50 Å². The number of hydrogen-bond donors (Lipinski definition) is 2. The number of nitrogens with two attached hydrogens (primary N) is 1. The lowest BCUT2D eigenvalue weighted by Gasteiger charge is -2.15. The Hall–Kier alpha value is -0.650. The van der Waals surface area contributed by atoms with Gasteiger partial charge in [-0.15, -0.1) is 0 Å². The fourth-order valence-corrected chi connectivity index (χ4v) is 2.25. The molecule has 1 aromatic rings. The van der Waals surface area contributed by atoms with E-state index in [1.807, 2.05) is 6.92 Å². The number of amides is 1. The van der Waals surface area contributed by atoms with E-state index in [9.17, 15) is 4.79 Å². The van der Waals surface area contributed by atoms with E-state index in [1.54, 1.807) is 18.2 Å². The van der Waals surface area contributed by atoms with E-state index in [-0.39, 0.29) is 10.9 Å². The molecule has 0 saturated carbocycles. The van der Waals surface area contributed by atoms with Gasteiger partial charge in [0.05, 0.1) is 16.6 Å². The molecule has 0 bridgehead atoms. The largest absolute Gasteiger partial charge is 0.393 e. The first-order chi connectivity index (χ1) is 8.45. The van der Waals surface area contributed by atoms with Gasteiger partial charge in [-0.3, -0.25) is 4.79 Å². The number of halogens is 2. The van der Waals surface area contributed by atoms with Crippen LogP contribution in [0.3, 0.4) is 0 Å². The first-order valence-electron chi connectivity index (χ1n) is 5.51.